The second kappa shape index (κ2) is 8.91. The first-order chi connectivity index (χ1) is 16.4. The van der Waals surface area contributed by atoms with Crippen molar-refractivity contribution in [3.05, 3.63) is 58.4 Å². The van der Waals surface area contributed by atoms with Crippen LogP contribution in [0, 0.1) is 0 Å². The van der Waals surface area contributed by atoms with Crippen LogP contribution in [0.5, 0.6) is 5.75 Å². The number of ether oxygens (including phenoxy) is 1. The van der Waals surface area contributed by atoms with Gasteiger partial charge in [0, 0.05) is 36.0 Å². The van der Waals surface area contributed by atoms with Crippen molar-refractivity contribution >= 4 is 34.5 Å². The maximum Gasteiger partial charge on any atom is 0.254 e. The van der Waals surface area contributed by atoms with E-state index in [9.17, 15) is 14.0 Å². The summed E-state index contributed by atoms with van der Waals surface area (Å²) in [6.07, 6.45) is 1.13. The number of methoxy groups -OCH3 is 1. The molecule has 34 heavy (non-hydrogen) atoms. The van der Waals surface area contributed by atoms with Gasteiger partial charge in [-0.3, -0.25) is 14.0 Å². The zero-order chi connectivity index (χ0) is 24.0. The molecule has 9 heteroatoms. The molecule has 3 heterocycles. The van der Waals surface area contributed by atoms with Gasteiger partial charge in [-0.15, -0.1) is 0 Å². The lowest BCUT2D eigenvalue weighted by Gasteiger charge is -2.50. The number of piperazine rings is 1. The van der Waals surface area contributed by atoms with Crippen LogP contribution >= 0.6 is 11.6 Å². The average Bonchev–Trinajstić information content (AvgIpc) is 3.22. The Balaban J connectivity index is 1.44. The molecule has 5 rings (SSSR count). The molecule has 2 fully saturated rings. The third kappa shape index (κ3) is 3.90. The SMILES string of the molecule is COc1cc(C(=O)N2CC3CCN3C(=O)C2C)cc2nc(CC(CF)c3cccc(Cl)c3)oc12. The van der Waals surface area contributed by atoms with Crippen LogP contribution in [0.25, 0.3) is 11.1 Å². The molecule has 0 N–H and O–H groups in total. The molecule has 2 saturated heterocycles. The fourth-order valence-corrected chi connectivity index (χ4v) is 4.95. The molecular weight excluding hydrogens is 461 g/mol. The van der Waals surface area contributed by atoms with E-state index in [-0.39, 0.29) is 24.3 Å². The summed E-state index contributed by atoms with van der Waals surface area (Å²) in [6, 6.07) is 9.87. The maximum absolute atomic E-state index is 13.9. The normalized spacial score (nSPS) is 20.8. The lowest BCUT2D eigenvalue weighted by Crippen LogP contribution is -2.67. The van der Waals surface area contributed by atoms with E-state index in [4.69, 9.17) is 20.8 Å². The molecule has 2 amide bonds. The van der Waals surface area contributed by atoms with Gasteiger partial charge in [0.1, 0.15) is 11.6 Å². The number of hydrogen-bond donors (Lipinski definition) is 0. The number of oxazole rings is 1. The first-order valence-corrected chi connectivity index (χ1v) is 11.7. The molecule has 2 aliphatic rings. The van der Waals surface area contributed by atoms with E-state index in [2.05, 4.69) is 4.98 Å². The number of carbonyl (C=O) groups is 2. The van der Waals surface area contributed by atoms with E-state index in [0.717, 1.165) is 18.5 Å². The predicted octanol–water partition coefficient (Wildman–Crippen LogP) is 4.23. The summed E-state index contributed by atoms with van der Waals surface area (Å²) in [6.45, 7) is 2.42. The monoisotopic (exact) mass is 485 g/mol. The molecule has 0 aliphatic carbocycles. The zero-order valence-electron chi connectivity index (χ0n) is 19.0. The molecule has 3 atom stereocenters. The number of amides is 2. The zero-order valence-corrected chi connectivity index (χ0v) is 19.7. The third-order valence-electron chi connectivity index (χ3n) is 6.81. The lowest BCUT2D eigenvalue weighted by molar-refractivity contribution is -0.150. The second-order valence-corrected chi connectivity index (χ2v) is 9.29. The Morgan fingerprint density at radius 3 is 2.85 bits per heavy atom. The predicted molar refractivity (Wildman–Crippen MR) is 125 cm³/mol. The number of halogens is 2. The fourth-order valence-electron chi connectivity index (χ4n) is 4.75. The summed E-state index contributed by atoms with van der Waals surface area (Å²) in [5.41, 5.74) is 1.97. The first kappa shape index (κ1) is 22.7. The Morgan fingerprint density at radius 1 is 1.35 bits per heavy atom. The molecule has 2 aromatic carbocycles. The summed E-state index contributed by atoms with van der Waals surface area (Å²) >= 11 is 6.07. The molecule has 3 aromatic rings. The molecule has 3 unspecified atom stereocenters. The molecule has 7 nitrogen and oxygen atoms in total. The quantitative estimate of drug-likeness (QED) is 0.522. The molecule has 0 bridgehead atoms. The van der Waals surface area contributed by atoms with Crippen LogP contribution in [0.3, 0.4) is 0 Å². The van der Waals surface area contributed by atoms with Crippen molar-refractivity contribution in [2.24, 2.45) is 0 Å². The smallest absolute Gasteiger partial charge is 0.254 e. The Bertz CT molecular complexity index is 1260. The van der Waals surface area contributed by atoms with Crippen molar-refractivity contribution in [1.29, 1.82) is 0 Å². The van der Waals surface area contributed by atoms with Crippen LogP contribution in [-0.2, 0) is 11.2 Å². The summed E-state index contributed by atoms with van der Waals surface area (Å²) in [7, 11) is 1.49. The highest BCUT2D eigenvalue weighted by atomic mass is 35.5. The van der Waals surface area contributed by atoms with Crippen molar-refractivity contribution in [2.75, 3.05) is 26.9 Å². The molecule has 178 valence electrons. The number of nitrogens with zero attached hydrogens (tertiary/aromatic N) is 3. The van der Waals surface area contributed by atoms with Gasteiger partial charge in [-0.25, -0.2) is 4.98 Å². The maximum atomic E-state index is 13.9. The summed E-state index contributed by atoms with van der Waals surface area (Å²) in [5, 5.41) is 0.536. The number of fused-ring (bicyclic) bond motifs is 2. The lowest BCUT2D eigenvalue weighted by atomic mass is 9.95. The molecule has 0 radical (unpaired) electrons. The van der Waals surface area contributed by atoms with Crippen molar-refractivity contribution < 1.29 is 23.1 Å². The minimum atomic E-state index is -0.598. The number of carbonyl (C=O) groups excluding carboxylic acids is 2. The van der Waals surface area contributed by atoms with Crippen LogP contribution < -0.4 is 4.74 Å². The van der Waals surface area contributed by atoms with Crippen molar-refractivity contribution in [1.82, 2.24) is 14.8 Å². The van der Waals surface area contributed by atoms with Crippen LogP contribution in [-0.4, -0.2) is 65.6 Å². The molecule has 1 aromatic heterocycles. The van der Waals surface area contributed by atoms with Crippen LogP contribution in [0.15, 0.2) is 40.8 Å². The molecule has 0 saturated carbocycles. The van der Waals surface area contributed by atoms with Gasteiger partial charge in [0.25, 0.3) is 5.91 Å². The van der Waals surface area contributed by atoms with Crippen molar-refractivity contribution in [3.8, 4) is 5.75 Å². The highest BCUT2D eigenvalue weighted by Gasteiger charge is 2.44. The fraction of sp³-hybridized carbons (Fsp3) is 0.400. The Morgan fingerprint density at radius 2 is 2.18 bits per heavy atom. The van der Waals surface area contributed by atoms with Gasteiger partial charge in [-0.05, 0) is 43.2 Å². The second-order valence-electron chi connectivity index (χ2n) is 8.85. The number of alkyl halides is 1. The highest BCUT2D eigenvalue weighted by Crippen LogP contribution is 2.33. The van der Waals surface area contributed by atoms with Crippen LogP contribution in [0.1, 0.15) is 41.1 Å². The van der Waals surface area contributed by atoms with Gasteiger partial charge in [0.05, 0.1) is 19.8 Å². The van der Waals surface area contributed by atoms with Crippen molar-refractivity contribution in [2.45, 2.75) is 37.8 Å². The first-order valence-electron chi connectivity index (χ1n) is 11.3. The van der Waals surface area contributed by atoms with E-state index in [1.165, 1.54) is 7.11 Å². The minimum absolute atomic E-state index is 0.0223. The number of aromatic nitrogens is 1. The summed E-state index contributed by atoms with van der Waals surface area (Å²) in [4.78, 5) is 33.9. The highest BCUT2D eigenvalue weighted by molar-refractivity contribution is 6.30. The van der Waals surface area contributed by atoms with Gasteiger partial charge >= 0.3 is 0 Å². The van der Waals surface area contributed by atoms with Gasteiger partial charge in [-0.1, -0.05) is 23.7 Å². The average molecular weight is 486 g/mol. The molecule has 0 spiro atoms. The van der Waals surface area contributed by atoms with E-state index in [1.807, 2.05) is 11.0 Å². The standard InChI is InChI=1S/C25H25ClFN3O4/c1-14-24(31)29-7-6-19(29)13-30(14)25(32)16-9-20-23(21(10-16)33-2)34-22(28-20)11-17(12-27)15-4-3-5-18(26)8-15/h3-5,8-10,14,17,19H,6-7,11-13H2,1-2H3. The molecule has 2 aliphatic heterocycles. The van der Waals surface area contributed by atoms with E-state index in [0.29, 0.717) is 39.9 Å². The van der Waals surface area contributed by atoms with Gasteiger partial charge in [0.15, 0.2) is 17.2 Å². The third-order valence-corrected chi connectivity index (χ3v) is 7.05. The Labute approximate surface area is 201 Å². The van der Waals surface area contributed by atoms with Crippen LogP contribution in [0.4, 0.5) is 4.39 Å². The summed E-state index contributed by atoms with van der Waals surface area (Å²) in [5.74, 6) is -0.0410. The van der Waals surface area contributed by atoms with Gasteiger partial charge < -0.3 is 19.0 Å². The van der Waals surface area contributed by atoms with Gasteiger partial charge in [-0.2, -0.15) is 0 Å². The largest absolute Gasteiger partial charge is 0.493 e. The molecular formula is C25H25ClFN3O4. The Kier molecular flexibility index (Phi) is 5.93. The number of rotatable bonds is 6. The van der Waals surface area contributed by atoms with Crippen molar-refractivity contribution in [3.63, 3.8) is 0 Å². The topological polar surface area (TPSA) is 75.9 Å². The number of hydrogen-bond acceptors (Lipinski definition) is 5. The Hall–Kier alpha value is -3.13. The van der Waals surface area contributed by atoms with E-state index < -0.39 is 18.6 Å². The minimum Gasteiger partial charge on any atom is -0.493 e. The summed E-state index contributed by atoms with van der Waals surface area (Å²) < 4.78 is 25.2. The van der Waals surface area contributed by atoms with E-state index in [1.54, 1.807) is 42.2 Å². The van der Waals surface area contributed by atoms with Gasteiger partial charge in [0.2, 0.25) is 5.91 Å². The number of benzene rings is 2. The van der Waals surface area contributed by atoms with E-state index >= 15 is 0 Å². The van der Waals surface area contributed by atoms with Crippen LogP contribution in [0.2, 0.25) is 5.02 Å².